The molecule has 0 aliphatic heterocycles. The molecular formula is C25H37O3P. The Morgan fingerprint density at radius 2 is 1.17 bits per heavy atom. The van der Waals surface area contributed by atoms with Crippen LogP contribution in [0.5, 0.6) is 0 Å². The fourth-order valence-corrected chi connectivity index (χ4v) is 4.55. The SMILES string of the molecule is CC(C)CCCCCCCCCC(OP(O)O)(c1ccccc1)c1ccccc1. The Kier molecular flexibility index (Phi) is 10.9. The van der Waals surface area contributed by atoms with Gasteiger partial charge in [-0.3, -0.25) is 4.52 Å². The number of hydrogen-bond donors (Lipinski definition) is 2. The normalized spacial score (nSPS) is 12.1. The first-order valence-electron chi connectivity index (χ1n) is 11.0. The van der Waals surface area contributed by atoms with Crippen molar-refractivity contribution >= 4 is 8.60 Å². The maximum absolute atomic E-state index is 9.77. The minimum Gasteiger partial charge on any atom is -0.328 e. The first-order valence-corrected chi connectivity index (χ1v) is 12.2. The zero-order chi connectivity index (χ0) is 21.0. The molecule has 2 aromatic rings. The highest BCUT2D eigenvalue weighted by atomic mass is 31.2. The summed E-state index contributed by atoms with van der Waals surface area (Å²) in [6.45, 7) is 4.58. The lowest BCUT2D eigenvalue weighted by atomic mass is 9.82. The molecule has 0 aliphatic rings. The maximum atomic E-state index is 9.77. The molecule has 0 bridgehead atoms. The monoisotopic (exact) mass is 416 g/mol. The zero-order valence-electron chi connectivity index (χ0n) is 18.0. The van der Waals surface area contributed by atoms with Crippen molar-refractivity contribution in [3.8, 4) is 0 Å². The molecule has 0 heterocycles. The van der Waals surface area contributed by atoms with Crippen LogP contribution in [0.3, 0.4) is 0 Å². The molecule has 0 aliphatic carbocycles. The van der Waals surface area contributed by atoms with E-state index in [9.17, 15) is 9.79 Å². The fourth-order valence-electron chi connectivity index (χ4n) is 3.97. The van der Waals surface area contributed by atoms with Crippen LogP contribution in [0.2, 0.25) is 0 Å². The number of unbranched alkanes of at least 4 members (excludes halogenated alkanes) is 6. The minimum absolute atomic E-state index is 0.730. The van der Waals surface area contributed by atoms with Gasteiger partial charge in [-0.25, -0.2) is 0 Å². The van der Waals surface area contributed by atoms with Gasteiger partial charge in [0.05, 0.1) is 0 Å². The second kappa shape index (κ2) is 13.1. The van der Waals surface area contributed by atoms with E-state index in [1.807, 2.05) is 60.7 Å². The van der Waals surface area contributed by atoms with E-state index >= 15 is 0 Å². The molecule has 4 heteroatoms. The predicted molar refractivity (Wildman–Crippen MR) is 122 cm³/mol. The molecule has 0 radical (unpaired) electrons. The second-order valence-electron chi connectivity index (χ2n) is 8.31. The molecule has 0 saturated heterocycles. The molecule has 3 nitrogen and oxygen atoms in total. The quantitative estimate of drug-likeness (QED) is 0.250. The fraction of sp³-hybridized carbons (Fsp3) is 0.520. The Morgan fingerprint density at radius 3 is 1.62 bits per heavy atom. The van der Waals surface area contributed by atoms with E-state index in [1.165, 1.54) is 38.5 Å². The van der Waals surface area contributed by atoms with E-state index in [0.717, 1.165) is 36.3 Å². The van der Waals surface area contributed by atoms with Gasteiger partial charge in [0.1, 0.15) is 5.60 Å². The predicted octanol–water partition coefficient (Wildman–Crippen LogP) is 7.33. The Labute approximate surface area is 178 Å². The van der Waals surface area contributed by atoms with Crippen molar-refractivity contribution in [1.29, 1.82) is 0 Å². The lowest BCUT2D eigenvalue weighted by Gasteiger charge is -2.35. The van der Waals surface area contributed by atoms with Crippen molar-refractivity contribution in [3.63, 3.8) is 0 Å². The van der Waals surface area contributed by atoms with Gasteiger partial charge < -0.3 is 9.79 Å². The maximum Gasteiger partial charge on any atom is 0.328 e. The number of hydrogen-bond acceptors (Lipinski definition) is 3. The van der Waals surface area contributed by atoms with E-state index in [1.54, 1.807) is 0 Å². The molecule has 0 aromatic heterocycles. The van der Waals surface area contributed by atoms with Crippen molar-refractivity contribution in [1.82, 2.24) is 0 Å². The van der Waals surface area contributed by atoms with Crippen LogP contribution in [0.15, 0.2) is 60.7 Å². The summed E-state index contributed by atoms with van der Waals surface area (Å²) < 4.78 is 5.87. The van der Waals surface area contributed by atoms with Crippen LogP contribution in [-0.4, -0.2) is 9.79 Å². The third-order valence-electron chi connectivity index (χ3n) is 5.53. The minimum atomic E-state index is -2.48. The van der Waals surface area contributed by atoms with Gasteiger partial charge in [-0.15, -0.1) is 0 Å². The van der Waals surface area contributed by atoms with Crippen LogP contribution < -0.4 is 0 Å². The van der Waals surface area contributed by atoms with Crippen molar-refractivity contribution in [3.05, 3.63) is 71.8 Å². The largest absolute Gasteiger partial charge is 0.328 e. The van der Waals surface area contributed by atoms with Crippen LogP contribution in [0.25, 0.3) is 0 Å². The van der Waals surface area contributed by atoms with Crippen molar-refractivity contribution in [2.75, 3.05) is 0 Å². The third kappa shape index (κ3) is 8.18. The highest BCUT2D eigenvalue weighted by Crippen LogP contribution is 2.46. The molecule has 2 aromatic carbocycles. The van der Waals surface area contributed by atoms with Gasteiger partial charge in [-0.2, -0.15) is 0 Å². The number of rotatable bonds is 14. The van der Waals surface area contributed by atoms with Gasteiger partial charge in [0.25, 0.3) is 0 Å². The zero-order valence-corrected chi connectivity index (χ0v) is 18.9. The van der Waals surface area contributed by atoms with E-state index < -0.39 is 14.2 Å². The van der Waals surface area contributed by atoms with E-state index in [-0.39, 0.29) is 0 Å². The number of benzene rings is 2. The summed E-state index contributed by atoms with van der Waals surface area (Å²) in [4.78, 5) is 19.5. The van der Waals surface area contributed by atoms with Crippen LogP contribution in [0, 0.1) is 5.92 Å². The molecule has 0 unspecified atom stereocenters. The third-order valence-corrected chi connectivity index (χ3v) is 6.00. The van der Waals surface area contributed by atoms with Gasteiger partial charge in [0, 0.05) is 0 Å². The van der Waals surface area contributed by atoms with Gasteiger partial charge in [0.15, 0.2) is 0 Å². The highest BCUT2D eigenvalue weighted by Gasteiger charge is 2.37. The Bertz CT molecular complexity index is 619. The molecule has 0 spiro atoms. The summed E-state index contributed by atoms with van der Waals surface area (Å²) in [5.41, 5.74) is 1.11. The van der Waals surface area contributed by atoms with Crippen molar-refractivity contribution in [2.45, 2.75) is 77.2 Å². The molecule has 0 fully saturated rings. The van der Waals surface area contributed by atoms with E-state index in [2.05, 4.69) is 13.8 Å². The molecule has 29 heavy (non-hydrogen) atoms. The molecule has 160 valence electrons. The van der Waals surface area contributed by atoms with Crippen LogP contribution >= 0.6 is 8.60 Å². The highest BCUT2D eigenvalue weighted by molar-refractivity contribution is 7.39. The van der Waals surface area contributed by atoms with Gasteiger partial charge in [-0.1, -0.05) is 119 Å². The average molecular weight is 417 g/mol. The standard InChI is InChI=1S/C25H37O3P/c1-22(2)16-10-6-4-3-5-7-15-21-25(28-29(26)27,23-17-11-8-12-18-23)24-19-13-9-14-20-24/h8-9,11-14,17-20,22,26-27H,3-7,10,15-16,21H2,1-2H3. The van der Waals surface area contributed by atoms with Crippen molar-refractivity contribution in [2.24, 2.45) is 5.92 Å². The molecule has 2 N–H and O–H groups in total. The second-order valence-corrected chi connectivity index (χ2v) is 9.00. The summed E-state index contributed by atoms with van der Waals surface area (Å²) in [7, 11) is -2.48. The molecular weight excluding hydrogens is 379 g/mol. The Balaban J connectivity index is 1.98. The van der Waals surface area contributed by atoms with Gasteiger partial charge in [-0.05, 0) is 29.9 Å². The lowest BCUT2D eigenvalue weighted by Crippen LogP contribution is -2.29. The topological polar surface area (TPSA) is 49.7 Å². The Hall–Kier alpha value is -1.25. The molecule has 2 rings (SSSR count). The van der Waals surface area contributed by atoms with Crippen LogP contribution in [0.4, 0.5) is 0 Å². The van der Waals surface area contributed by atoms with E-state index in [4.69, 9.17) is 4.52 Å². The van der Waals surface area contributed by atoms with Gasteiger partial charge >= 0.3 is 8.60 Å². The van der Waals surface area contributed by atoms with Crippen LogP contribution in [-0.2, 0) is 10.1 Å². The first kappa shape index (κ1) is 24.0. The van der Waals surface area contributed by atoms with Crippen molar-refractivity contribution < 1.29 is 14.3 Å². The molecule has 0 atom stereocenters. The first-order chi connectivity index (χ1) is 14.0. The summed E-state index contributed by atoms with van der Waals surface area (Å²) >= 11 is 0. The summed E-state index contributed by atoms with van der Waals surface area (Å²) in [6, 6.07) is 19.9. The Morgan fingerprint density at radius 1 is 0.724 bits per heavy atom. The summed E-state index contributed by atoms with van der Waals surface area (Å²) in [6.07, 6.45) is 10.6. The summed E-state index contributed by atoms with van der Waals surface area (Å²) in [5.74, 6) is 0.808. The molecule has 0 amide bonds. The molecule has 0 saturated carbocycles. The van der Waals surface area contributed by atoms with Crippen LogP contribution in [0.1, 0.15) is 82.8 Å². The summed E-state index contributed by atoms with van der Waals surface area (Å²) in [5, 5.41) is 0. The lowest BCUT2D eigenvalue weighted by molar-refractivity contribution is 0.0791. The average Bonchev–Trinajstić information content (AvgIpc) is 2.72. The smallest absolute Gasteiger partial charge is 0.328 e. The van der Waals surface area contributed by atoms with Gasteiger partial charge in [0.2, 0.25) is 0 Å². The van der Waals surface area contributed by atoms with E-state index in [0.29, 0.717) is 0 Å².